The van der Waals surface area contributed by atoms with Crippen molar-refractivity contribution >= 4 is 6.29 Å². The fourth-order valence-electron chi connectivity index (χ4n) is 2.33. The highest BCUT2D eigenvalue weighted by Crippen LogP contribution is 2.16. The summed E-state index contributed by atoms with van der Waals surface area (Å²) in [5, 5.41) is 6.05. The van der Waals surface area contributed by atoms with Crippen LogP contribution >= 0.6 is 0 Å². The van der Waals surface area contributed by atoms with Crippen molar-refractivity contribution in [3.63, 3.8) is 0 Å². The number of nitrogens with one attached hydrogen (secondary N) is 2. The van der Waals surface area contributed by atoms with Gasteiger partial charge in [-0.1, -0.05) is 104 Å². The zero-order chi connectivity index (χ0) is 26.2. The number of hydrogen-bond acceptors (Lipinski definition) is 5. The first-order chi connectivity index (χ1) is 16.2. The smallest absolute Gasteiger partial charge is 0.184 e. The first-order valence-electron chi connectivity index (χ1n) is 12.4. The molecule has 0 aliphatic heterocycles. The summed E-state index contributed by atoms with van der Waals surface area (Å²) in [6, 6.07) is 8.67. The average molecular weight is 490 g/mol. The van der Waals surface area contributed by atoms with Crippen molar-refractivity contribution in [2.75, 3.05) is 20.3 Å². The molecule has 0 bridgehead atoms. The molecule has 0 spiro atoms. The van der Waals surface area contributed by atoms with E-state index < -0.39 is 0 Å². The van der Waals surface area contributed by atoms with E-state index in [4.69, 9.17) is 10.5 Å². The Bertz CT molecular complexity index is 702. The molecule has 5 nitrogen and oxygen atoms in total. The molecule has 1 aliphatic rings. The molecule has 0 amide bonds. The number of carbonyl (C=O) groups excluding carboxylic acids is 1. The molecule has 1 aromatic rings. The van der Waals surface area contributed by atoms with Crippen LogP contribution in [0.25, 0.3) is 0 Å². The Balaban J connectivity index is -0.000000433. The van der Waals surface area contributed by atoms with Crippen LogP contribution in [0.1, 0.15) is 79.9 Å². The molecule has 35 heavy (non-hydrogen) atoms. The summed E-state index contributed by atoms with van der Waals surface area (Å²) in [5.41, 5.74) is 7.97. The van der Waals surface area contributed by atoms with E-state index in [0.717, 1.165) is 31.2 Å². The molecule has 0 saturated carbocycles. The maximum atomic E-state index is 10.5. The lowest BCUT2D eigenvalue weighted by molar-refractivity contribution is -0.108. The minimum absolute atomic E-state index is 0. The van der Waals surface area contributed by atoms with E-state index in [-0.39, 0.29) is 7.43 Å². The summed E-state index contributed by atoms with van der Waals surface area (Å²) < 4.78 is 5.36. The van der Waals surface area contributed by atoms with Crippen molar-refractivity contribution in [2.24, 2.45) is 11.1 Å². The van der Waals surface area contributed by atoms with Crippen LogP contribution in [-0.4, -0.2) is 32.6 Å². The van der Waals surface area contributed by atoms with Gasteiger partial charge in [-0.15, -0.1) is 0 Å². The first kappa shape index (κ1) is 37.3. The fourth-order valence-corrected chi connectivity index (χ4v) is 2.33. The van der Waals surface area contributed by atoms with Crippen LogP contribution in [0.15, 0.2) is 60.4 Å². The number of aryl methyl sites for hydroxylation is 1. The first-order valence-corrected chi connectivity index (χ1v) is 12.4. The summed E-state index contributed by atoms with van der Waals surface area (Å²) in [6.45, 7) is 16.9. The van der Waals surface area contributed by atoms with Gasteiger partial charge in [0.25, 0.3) is 0 Å². The highest BCUT2D eigenvalue weighted by molar-refractivity contribution is 5.69. The third-order valence-corrected chi connectivity index (χ3v) is 5.10. The summed E-state index contributed by atoms with van der Waals surface area (Å²) >= 11 is 0. The van der Waals surface area contributed by atoms with Crippen molar-refractivity contribution in [3.8, 4) is 0 Å². The molecule has 202 valence electrons. The predicted molar refractivity (Wildman–Crippen MR) is 155 cm³/mol. The topological polar surface area (TPSA) is 76.4 Å². The van der Waals surface area contributed by atoms with Crippen molar-refractivity contribution in [1.29, 1.82) is 0 Å². The van der Waals surface area contributed by atoms with E-state index in [1.54, 1.807) is 13.0 Å². The molecule has 1 aromatic carbocycles. The second kappa shape index (κ2) is 24.9. The molecular formula is C30H55N3O2. The third kappa shape index (κ3) is 23.3. The maximum Gasteiger partial charge on any atom is 0.184 e. The Hall–Kier alpha value is -2.21. The van der Waals surface area contributed by atoms with E-state index in [0.29, 0.717) is 30.5 Å². The number of hydrogen-bond donors (Lipinski definition) is 3. The number of rotatable bonds is 8. The molecule has 0 saturated heterocycles. The maximum absolute atomic E-state index is 10.5. The number of ether oxygens (including phenoxy) is 1. The fraction of sp³-hybridized carbons (Fsp3) is 0.567. The molecule has 1 unspecified atom stereocenters. The van der Waals surface area contributed by atoms with E-state index in [2.05, 4.69) is 75.6 Å². The number of carbonyl (C=O) groups is 1. The van der Waals surface area contributed by atoms with Crippen LogP contribution in [0.3, 0.4) is 0 Å². The summed E-state index contributed by atoms with van der Waals surface area (Å²) in [4.78, 5) is 10.5. The molecule has 1 atom stereocenters. The van der Waals surface area contributed by atoms with Gasteiger partial charge in [0.1, 0.15) is 6.61 Å². The van der Waals surface area contributed by atoms with Crippen molar-refractivity contribution in [3.05, 3.63) is 71.5 Å². The Morgan fingerprint density at radius 2 is 1.74 bits per heavy atom. The molecule has 2 rings (SSSR count). The summed E-state index contributed by atoms with van der Waals surface area (Å²) in [5.74, 6) is 0.390. The molecular weight excluding hydrogens is 434 g/mol. The van der Waals surface area contributed by atoms with E-state index >= 15 is 0 Å². The van der Waals surface area contributed by atoms with Crippen molar-refractivity contribution < 1.29 is 9.53 Å². The Morgan fingerprint density at radius 1 is 1.14 bits per heavy atom. The standard InChI is InChI=1S/C13H16O2.C7H11N.C6H14.C3H10N2.CH4/c1-3-11-7-5-6-8-12(11)10-15-13(4-2)9-14;1-8-7-5-3-2-4-6-7;1-5-6(2,3)4;1-2-5-3-4;/h4-9H,3,10H2,1-2H3;2-5,7-8H,6H2,1H3;5H2,1-4H3;5H,2-4H2,1H3;1H4/b13-4+;;;;. The van der Waals surface area contributed by atoms with E-state index in [9.17, 15) is 4.79 Å². The zero-order valence-corrected chi connectivity index (χ0v) is 23.0. The van der Waals surface area contributed by atoms with Crippen LogP contribution in [-0.2, 0) is 22.6 Å². The summed E-state index contributed by atoms with van der Waals surface area (Å²) in [7, 11) is 1.98. The lowest BCUT2D eigenvalue weighted by Gasteiger charge is -2.12. The minimum Gasteiger partial charge on any atom is -0.486 e. The average Bonchev–Trinajstić information content (AvgIpc) is 2.86. The van der Waals surface area contributed by atoms with Crippen LogP contribution in [0.4, 0.5) is 0 Å². The van der Waals surface area contributed by atoms with Gasteiger partial charge in [-0.2, -0.15) is 0 Å². The highest BCUT2D eigenvalue weighted by Gasteiger charge is 2.03. The molecule has 1 aliphatic carbocycles. The summed E-state index contributed by atoms with van der Waals surface area (Å²) in [6.07, 6.45) is 14.3. The van der Waals surface area contributed by atoms with Gasteiger partial charge >= 0.3 is 0 Å². The van der Waals surface area contributed by atoms with Crippen molar-refractivity contribution in [1.82, 2.24) is 10.6 Å². The number of allylic oxidation sites excluding steroid dienone is 4. The number of nitrogens with two attached hydrogens (primary N) is 1. The second-order valence-electron chi connectivity index (χ2n) is 8.89. The number of benzene rings is 1. The van der Waals surface area contributed by atoms with Crippen LogP contribution in [0, 0.1) is 5.41 Å². The quantitative estimate of drug-likeness (QED) is 0.167. The van der Waals surface area contributed by atoms with Gasteiger partial charge in [0.15, 0.2) is 12.0 Å². The Kier molecular flexibility index (Phi) is 26.6. The van der Waals surface area contributed by atoms with Gasteiger partial charge < -0.3 is 21.1 Å². The molecule has 0 aromatic heterocycles. The zero-order valence-electron chi connectivity index (χ0n) is 23.0. The molecule has 0 heterocycles. The van der Waals surface area contributed by atoms with Crippen LogP contribution in [0.5, 0.6) is 0 Å². The second-order valence-corrected chi connectivity index (χ2v) is 8.89. The molecule has 5 heteroatoms. The Morgan fingerprint density at radius 3 is 2.06 bits per heavy atom. The molecule has 4 N–H and O–H groups in total. The highest BCUT2D eigenvalue weighted by atomic mass is 16.5. The lowest BCUT2D eigenvalue weighted by atomic mass is 9.94. The predicted octanol–water partition coefficient (Wildman–Crippen LogP) is 6.55. The minimum atomic E-state index is 0. The van der Waals surface area contributed by atoms with Crippen LogP contribution < -0.4 is 16.4 Å². The van der Waals surface area contributed by atoms with Gasteiger partial charge in [-0.05, 0) is 56.0 Å². The van der Waals surface area contributed by atoms with Gasteiger partial charge in [0.2, 0.25) is 0 Å². The van der Waals surface area contributed by atoms with Gasteiger partial charge in [0.05, 0.1) is 0 Å². The monoisotopic (exact) mass is 489 g/mol. The van der Waals surface area contributed by atoms with Crippen molar-refractivity contribution in [2.45, 2.75) is 87.8 Å². The lowest BCUT2D eigenvalue weighted by Crippen LogP contribution is -2.22. The van der Waals surface area contributed by atoms with Gasteiger partial charge in [0, 0.05) is 12.7 Å². The Labute approximate surface area is 217 Å². The van der Waals surface area contributed by atoms with E-state index in [1.165, 1.54) is 12.0 Å². The normalized spacial score (nSPS) is 14.1. The van der Waals surface area contributed by atoms with Gasteiger partial charge in [-0.3, -0.25) is 4.79 Å². The van der Waals surface area contributed by atoms with Gasteiger partial charge in [-0.25, -0.2) is 0 Å². The van der Waals surface area contributed by atoms with Crippen LogP contribution in [0.2, 0.25) is 0 Å². The SMILES string of the molecule is C.C/C=C(\C=O)OCc1ccccc1CC.CCC(C)(C)C.CCNCN.CNC1C=CC=CC1. The molecule has 0 fully saturated rings. The largest absolute Gasteiger partial charge is 0.486 e. The third-order valence-electron chi connectivity index (χ3n) is 5.10. The number of likely N-dealkylation sites (N-methyl/N-ethyl adjacent to an activating group) is 1. The number of aldehydes is 1. The molecule has 0 radical (unpaired) electrons. The van der Waals surface area contributed by atoms with E-state index in [1.807, 2.05) is 32.2 Å².